The monoisotopic (exact) mass is 442 g/mol. The third kappa shape index (κ3) is 4.67. The van der Waals surface area contributed by atoms with Crippen LogP contribution in [0.3, 0.4) is 0 Å². The maximum Gasteiger partial charge on any atom is 0.259 e. The fourth-order valence-electron chi connectivity index (χ4n) is 2.89. The number of benzene rings is 2. The Kier molecular flexibility index (Phi) is 6.26. The van der Waals surface area contributed by atoms with E-state index in [2.05, 4.69) is 36.3 Å². The Labute approximate surface area is 171 Å². The van der Waals surface area contributed by atoms with E-state index < -0.39 is 0 Å². The molecule has 0 aliphatic carbocycles. The molecule has 0 saturated carbocycles. The van der Waals surface area contributed by atoms with Gasteiger partial charge >= 0.3 is 0 Å². The van der Waals surface area contributed by atoms with Crippen LogP contribution in [0.25, 0.3) is 5.69 Å². The Hall–Kier alpha value is -2.93. The smallest absolute Gasteiger partial charge is 0.259 e. The Morgan fingerprint density at radius 1 is 1.18 bits per heavy atom. The number of rotatable bonds is 6. The van der Waals surface area contributed by atoms with Crippen molar-refractivity contribution in [3.8, 4) is 5.69 Å². The number of aryl methyl sites for hydroxylation is 1. The highest BCUT2D eigenvalue weighted by molar-refractivity contribution is 9.10. The van der Waals surface area contributed by atoms with Crippen molar-refractivity contribution in [1.29, 1.82) is 0 Å². The molecule has 0 bridgehead atoms. The number of halogens is 2. The number of hydrogen-bond acceptors (Lipinski definition) is 3. The van der Waals surface area contributed by atoms with Crippen LogP contribution < -0.4 is 10.7 Å². The summed E-state index contributed by atoms with van der Waals surface area (Å²) in [6.45, 7) is 4.07. The Morgan fingerprint density at radius 2 is 1.89 bits per heavy atom. The summed E-state index contributed by atoms with van der Waals surface area (Å²) in [5.74, 6) is -0.611. The molecule has 0 unspecified atom stereocenters. The van der Waals surface area contributed by atoms with Gasteiger partial charge in [-0.3, -0.25) is 4.79 Å². The molecule has 2 aromatic carbocycles. The summed E-state index contributed by atoms with van der Waals surface area (Å²) in [6, 6.07) is 15.8. The first kappa shape index (κ1) is 19.8. The number of hydrogen-bond donors (Lipinski definition) is 2. The molecular weight excluding hydrogens is 423 g/mol. The topological polar surface area (TPSA) is 58.4 Å². The highest BCUT2D eigenvalue weighted by Crippen LogP contribution is 2.26. The Morgan fingerprint density at radius 3 is 2.61 bits per heavy atom. The van der Waals surface area contributed by atoms with Gasteiger partial charge in [-0.05, 0) is 72.2 Å². The molecule has 0 radical (unpaired) electrons. The normalized spacial score (nSPS) is 11.0. The van der Waals surface area contributed by atoms with Gasteiger partial charge in [0.05, 0.1) is 18.4 Å². The summed E-state index contributed by atoms with van der Waals surface area (Å²) in [6.07, 6.45) is 1.63. The van der Waals surface area contributed by atoms with Gasteiger partial charge in [-0.2, -0.15) is 5.10 Å². The first-order valence-electron chi connectivity index (χ1n) is 8.71. The van der Waals surface area contributed by atoms with Crippen LogP contribution >= 0.6 is 15.9 Å². The molecule has 0 aliphatic rings. The first-order chi connectivity index (χ1) is 13.5. The number of para-hydroxylation sites is 1. The Bertz CT molecular complexity index is 1010. The third-order valence-electron chi connectivity index (χ3n) is 4.25. The van der Waals surface area contributed by atoms with E-state index in [0.717, 1.165) is 27.1 Å². The summed E-state index contributed by atoms with van der Waals surface area (Å²) in [5, 5.41) is 6.96. The van der Waals surface area contributed by atoms with Crippen LogP contribution in [0.4, 0.5) is 10.1 Å². The molecule has 28 heavy (non-hydrogen) atoms. The molecule has 144 valence electrons. The van der Waals surface area contributed by atoms with Crippen LogP contribution in [0.15, 0.2) is 64.2 Å². The molecule has 3 rings (SSSR count). The summed E-state index contributed by atoms with van der Waals surface area (Å²) in [4.78, 5) is 11.9. The van der Waals surface area contributed by atoms with Gasteiger partial charge in [-0.25, -0.2) is 9.82 Å². The van der Waals surface area contributed by atoms with Gasteiger partial charge in [0.2, 0.25) is 0 Å². The zero-order valence-corrected chi connectivity index (χ0v) is 17.1. The van der Waals surface area contributed by atoms with Gasteiger partial charge in [-0.1, -0.05) is 12.1 Å². The zero-order chi connectivity index (χ0) is 20.1. The van der Waals surface area contributed by atoms with E-state index in [1.54, 1.807) is 18.3 Å². The molecule has 5 nitrogen and oxygen atoms in total. The number of hydrazone groups is 1. The largest absolute Gasteiger partial charge is 0.376 e. The minimum Gasteiger partial charge on any atom is -0.376 e. The van der Waals surface area contributed by atoms with Gasteiger partial charge < -0.3 is 9.88 Å². The van der Waals surface area contributed by atoms with Gasteiger partial charge in [0.1, 0.15) is 5.82 Å². The highest BCUT2D eigenvalue weighted by atomic mass is 79.9. The standard InChI is InChI=1S/C21H20BrFN4O/c1-14-11-16(15(2)27(14)20-6-4-3-5-19(20)22)12-25-26-21(28)13-24-18-9-7-17(23)8-10-18/h3-12,24H,13H2,1-2H3,(H,26,28)/b25-12-. The van der Waals surface area contributed by atoms with E-state index in [1.165, 1.54) is 12.1 Å². The molecule has 2 N–H and O–H groups in total. The van der Waals surface area contributed by atoms with Crippen molar-refractivity contribution in [3.05, 3.63) is 81.8 Å². The van der Waals surface area contributed by atoms with Crippen LogP contribution in [-0.4, -0.2) is 23.2 Å². The summed E-state index contributed by atoms with van der Waals surface area (Å²) in [5.41, 5.74) is 7.21. The highest BCUT2D eigenvalue weighted by Gasteiger charge is 2.11. The number of carbonyl (C=O) groups is 1. The number of anilines is 1. The van der Waals surface area contributed by atoms with Crippen LogP contribution in [0.5, 0.6) is 0 Å². The number of nitrogens with zero attached hydrogens (tertiary/aromatic N) is 2. The van der Waals surface area contributed by atoms with E-state index in [4.69, 9.17) is 0 Å². The SMILES string of the molecule is Cc1cc(/C=N\NC(=O)CNc2ccc(F)cc2)c(C)n1-c1ccccc1Br. The van der Waals surface area contributed by atoms with E-state index in [1.807, 2.05) is 44.2 Å². The fourth-order valence-corrected chi connectivity index (χ4v) is 3.35. The lowest BCUT2D eigenvalue weighted by Crippen LogP contribution is -2.25. The summed E-state index contributed by atoms with van der Waals surface area (Å²) >= 11 is 3.58. The quantitative estimate of drug-likeness (QED) is 0.434. The molecule has 1 amide bonds. The van der Waals surface area contributed by atoms with E-state index in [9.17, 15) is 9.18 Å². The second-order valence-corrected chi connectivity index (χ2v) is 7.12. The third-order valence-corrected chi connectivity index (χ3v) is 4.92. The van der Waals surface area contributed by atoms with E-state index in [0.29, 0.717) is 5.69 Å². The Balaban J connectivity index is 1.63. The van der Waals surface area contributed by atoms with Gasteiger partial charge in [0.15, 0.2) is 0 Å². The number of aromatic nitrogens is 1. The zero-order valence-electron chi connectivity index (χ0n) is 15.5. The van der Waals surface area contributed by atoms with E-state index >= 15 is 0 Å². The fraction of sp³-hybridized carbons (Fsp3) is 0.143. The van der Waals surface area contributed by atoms with Crippen molar-refractivity contribution in [2.45, 2.75) is 13.8 Å². The van der Waals surface area contributed by atoms with Crippen molar-refractivity contribution in [2.24, 2.45) is 5.10 Å². The van der Waals surface area contributed by atoms with Crippen molar-refractivity contribution in [2.75, 3.05) is 11.9 Å². The van der Waals surface area contributed by atoms with Crippen molar-refractivity contribution in [3.63, 3.8) is 0 Å². The second-order valence-electron chi connectivity index (χ2n) is 6.27. The lowest BCUT2D eigenvalue weighted by atomic mass is 10.2. The van der Waals surface area contributed by atoms with Crippen LogP contribution in [0, 0.1) is 19.7 Å². The molecular formula is C21H20BrFN4O. The molecule has 0 saturated heterocycles. The lowest BCUT2D eigenvalue weighted by molar-refractivity contribution is -0.119. The van der Waals surface area contributed by atoms with Gasteiger partial charge in [0, 0.05) is 27.1 Å². The molecule has 1 aromatic heterocycles. The minimum absolute atomic E-state index is 0.0406. The molecule has 0 aliphatic heterocycles. The maximum absolute atomic E-state index is 12.9. The van der Waals surface area contributed by atoms with Crippen molar-refractivity contribution >= 4 is 33.7 Å². The minimum atomic E-state index is -0.320. The predicted octanol–water partition coefficient (Wildman–Crippen LogP) is 4.56. The molecule has 7 heteroatoms. The molecule has 0 spiro atoms. The second kappa shape index (κ2) is 8.84. The van der Waals surface area contributed by atoms with Gasteiger partial charge in [0.25, 0.3) is 5.91 Å². The number of nitrogens with one attached hydrogen (secondary N) is 2. The lowest BCUT2D eigenvalue weighted by Gasteiger charge is -2.11. The molecule has 1 heterocycles. The molecule has 3 aromatic rings. The first-order valence-corrected chi connectivity index (χ1v) is 9.50. The van der Waals surface area contributed by atoms with Crippen molar-refractivity contribution < 1.29 is 9.18 Å². The average Bonchev–Trinajstić information content (AvgIpc) is 2.95. The van der Waals surface area contributed by atoms with Crippen molar-refractivity contribution in [1.82, 2.24) is 9.99 Å². The van der Waals surface area contributed by atoms with Gasteiger partial charge in [-0.15, -0.1) is 0 Å². The summed E-state index contributed by atoms with van der Waals surface area (Å²) < 4.78 is 16.0. The number of amides is 1. The predicted molar refractivity (Wildman–Crippen MR) is 114 cm³/mol. The summed E-state index contributed by atoms with van der Waals surface area (Å²) in [7, 11) is 0. The van der Waals surface area contributed by atoms with Crippen LogP contribution in [0.1, 0.15) is 17.0 Å². The maximum atomic E-state index is 12.9. The van der Waals surface area contributed by atoms with E-state index in [-0.39, 0.29) is 18.3 Å². The van der Waals surface area contributed by atoms with Crippen LogP contribution in [-0.2, 0) is 4.79 Å². The number of carbonyl (C=O) groups excluding carboxylic acids is 1. The average molecular weight is 443 g/mol. The molecule has 0 fully saturated rings. The molecule has 0 atom stereocenters. The van der Waals surface area contributed by atoms with Crippen LogP contribution in [0.2, 0.25) is 0 Å².